The second-order valence-corrected chi connectivity index (χ2v) is 4.53. The van der Waals surface area contributed by atoms with E-state index in [1.807, 2.05) is 18.3 Å². The summed E-state index contributed by atoms with van der Waals surface area (Å²) in [5.41, 5.74) is 0.762. The highest BCUT2D eigenvalue weighted by atomic mass is 35.5. The van der Waals surface area contributed by atoms with E-state index in [-0.39, 0.29) is 0 Å². The van der Waals surface area contributed by atoms with Crippen LogP contribution in [-0.4, -0.2) is 27.7 Å². The van der Waals surface area contributed by atoms with Gasteiger partial charge in [0, 0.05) is 12.1 Å². The molecule has 0 radical (unpaired) electrons. The van der Waals surface area contributed by atoms with E-state index < -0.39 is 0 Å². The molecule has 0 spiro atoms. The molecule has 0 amide bonds. The standard InChI is InChI=1S/C11H13ClN4/c12-9-2-1-7-16-11(9)14-10(15-16)8-3-5-13-6-4-8/h1-2,7-8,13H,3-6H2. The zero-order valence-electron chi connectivity index (χ0n) is 8.86. The van der Waals surface area contributed by atoms with E-state index >= 15 is 0 Å². The van der Waals surface area contributed by atoms with E-state index in [9.17, 15) is 0 Å². The van der Waals surface area contributed by atoms with E-state index in [1.54, 1.807) is 4.52 Å². The number of halogens is 1. The molecule has 3 heterocycles. The van der Waals surface area contributed by atoms with Crippen LogP contribution in [0.3, 0.4) is 0 Å². The minimum Gasteiger partial charge on any atom is -0.317 e. The molecule has 5 heteroatoms. The fourth-order valence-electron chi connectivity index (χ4n) is 2.14. The summed E-state index contributed by atoms with van der Waals surface area (Å²) in [5, 5.41) is 8.49. The minimum absolute atomic E-state index is 0.470. The first-order chi connectivity index (χ1) is 7.84. The smallest absolute Gasteiger partial charge is 0.174 e. The predicted octanol–water partition coefficient (Wildman–Crippen LogP) is 1.85. The summed E-state index contributed by atoms with van der Waals surface area (Å²) >= 11 is 6.07. The maximum absolute atomic E-state index is 6.07. The fourth-order valence-corrected chi connectivity index (χ4v) is 2.34. The van der Waals surface area contributed by atoms with Gasteiger partial charge in [0.25, 0.3) is 0 Å². The van der Waals surface area contributed by atoms with Crippen molar-refractivity contribution in [2.75, 3.05) is 13.1 Å². The van der Waals surface area contributed by atoms with Crippen molar-refractivity contribution in [1.82, 2.24) is 19.9 Å². The van der Waals surface area contributed by atoms with Crippen LogP contribution in [0.2, 0.25) is 5.02 Å². The van der Waals surface area contributed by atoms with Crippen LogP contribution in [0.1, 0.15) is 24.6 Å². The maximum atomic E-state index is 6.07. The Kier molecular flexibility index (Phi) is 2.53. The quantitative estimate of drug-likeness (QED) is 0.822. The Morgan fingerprint density at radius 3 is 2.94 bits per heavy atom. The second-order valence-electron chi connectivity index (χ2n) is 4.12. The highest BCUT2D eigenvalue weighted by molar-refractivity contribution is 6.33. The first-order valence-electron chi connectivity index (χ1n) is 5.56. The summed E-state index contributed by atoms with van der Waals surface area (Å²) in [6, 6.07) is 3.73. The van der Waals surface area contributed by atoms with Crippen LogP contribution >= 0.6 is 11.6 Å². The van der Waals surface area contributed by atoms with Gasteiger partial charge in [-0.05, 0) is 38.1 Å². The first-order valence-corrected chi connectivity index (χ1v) is 5.94. The summed E-state index contributed by atoms with van der Waals surface area (Å²) < 4.78 is 1.76. The number of nitrogens with zero attached hydrogens (tertiary/aromatic N) is 3. The van der Waals surface area contributed by atoms with Gasteiger partial charge in [-0.15, -0.1) is 0 Å². The molecule has 4 nitrogen and oxygen atoms in total. The Balaban J connectivity index is 2.01. The highest BCUT2D eigenvalue weighted by Gasteiger charge is 2.20. The van der Waals surface area contributed by atoms with Crippen molar-refractivity contribution in [2.45, 2.75) is 18.8 Å². The Labute approximate surface area is 98.6 Å². The zero-order valence-corrected chi connectivity index (χ0v) is 9.61. The molecule has 1 saturated heterocycles. The van der Waals surface area contributed by atoms with Gasteiger partial charge in [-0.1, -0.05) is 11.6 Å². The Morgan fingerprint density at radius 1 is 1.38 bits per heavy atom. The number of pyridine rings is 1. The third kappa shape index (κ3) is 1.68. The molecule has 1 aliphatic rings. The Hall–Kier alpha value is -1.13. The van der Waals surface area contributed by atoms with Gasteiger partial charge < -0.3 is 5.32 Å². The van der Waals surface area contributed by atoms with Gasteiger partial charge in [-0.25, -0.2) is 9.50 Å². The molecule has 0 unspecified atom stereocenters. The molecule has 16 heavy (non-hydrogen) atoms. The summed E-state index contributed by atoms with van der Waals surface area (Å²) in [6.07, 6.45) is 4.10. The number of hydrogen-bond donors (Lipinski definition) is 1. The summed E-state index contributed by atoms with van der Waals surface area (Å²) in [7, 11) is 0. The van der Waals surface area contributed by atoms with Gasteiger partial charge in [0.2, 0.25) is 0 Å². The molecule has 2 aromatic heterocycles. The Bertz CT molecular complexity index is 502. The van der Waals surface area contributed by atoms with Crippen molar-refractivity contribution in [3.8, 4) is 0 Å². The molecule has 84 valence electrons. The second kappa shape index (κ2) is 4.03. The lowest BCUT2D eigenvalue weighted by Gasteiger charge is -2.19. The van der Waals surface area contributed by atoms with Crippen LogP contribution in [0.4, 0.5) is 0 Å². The molecule has 0 bridgehead atoms. The maximum Gasteiger partial charge on any atom is 0.174 e. The van der Waals surface area contributed by atoms with Crippen molar-refractivity contribution in [3.05, 3.63) is 29.2 Å². The highest BCUT2D eigenvalue weighted by Crippen LogP contribution is 2.24. The van der Waals surface area contributed by atoms with Crippen LogP contribution in [-0.2, 0) is 0 Å². The summed E-state index contributed by atoms with van der Waals surface area (Å²) in [5.74, 6) is 1.40. The predicted molar refractivity (Wildman–Crippen MR) is 62.8 cm³/mol. The third-order valence-corrected chi connectivity index (χ3v) is 3.33. The fraction of sp³-hybridized carbons (Fsp3) is 0.455. The summed E-state index contributed by atoms with van der Waals surface area (Å²) in [6.45, 7) is 2.10. The molecule has 0 aliphatic carbocycles. The average Bonchev–Trinajstić information content (AvgIpc) is 2.76. The number of piperidine rings is 1. The van der Waals surface area contributed by atoms with Gasteiger partial charge in [-0.3, -0.25) is 0 Å². The SMILES string of the molecule is Clc1cccn2nc(C3CCNCC3)nc12. The molecular weight excluding hydrogens is 224 g/mol. The first kappa shape index (κ1) is 10.1. The van der Waals surface area contributed by atoms with E-state index in [0.29, 0.717) is 10.9 Å². The van der Waals surface area contributed by atoms with E-state index in [1.165, 1.54) is 0 Å². The van der Waals surface area contributed by atoms with Gasteiger partial charge in [0.05, 0.1) is 5.02 Å². The number of aromatic nitrogens is 3. The molecule has 3 rings (SSSR count). The Morgan fingerprint density at radius 2 is 2.19 bits per heavy atom. The zero-order chi connectivity index (χ0) is 11.0. The monoisotopic (exact) mass is 236 g/mol. The number of fused-ring (bicyclic) bond motifs is 1. The van der Waals surface area contributed by atoms with Crippen molar-refractivity contribution in [2.24, 2.45) is 0 Å². The molecule has 1 aliphatic heterocycles. The molecule has 2 aromatic rings. The van der Waals surface area contributed by atoms with Crippen LogP contribution < -0.4 is 5.32 Å². The topological polar surface area (TPSA) is 42.2 Å². The number of nitrogens with one attached hydrogen (secondary N) is 1. The molecular formula is C11H13ClN4. The van der Waals surface area contributed by atoms with Gasteiger partial charge >= 0.3 is 0 Å². The van der Waals surface area contributed by atoms with Crippen LogP contribution in [0.25, 0.3) is 5.65 Å². The van der Waals surface area contributed by atoms with Crippen molar-refractivity contribution in [3.63, 3.8) is 0 Å². The van der Waals surface area contributed by atoms with Gasteiger partial charge in [0.1, 0.15) is 0 Å². The molecule has 0 aromatic carbocycles. The molecule has 0 saturated carbocycles. The molecule has 1 N–H and O–H groups in total. The molecule has 1 fully saturated rings. The van der Waals surface area contributed by atoms with Crippen LogP contribution in [0.15, 0.2) is 18.3 Å². The lowest BCUT2D eigenvalue weighted by Crippen LogP contribution is -2.27. The lowest BCUT2D eigenvalue weighted by molar-refractivity contribution is 0.445. The van der Waals surface area contributed by atoms with Crippen molar-refractivity contribution in [1.29, 1.82) is 0 Å². The third-order valence-electron chi connectivity index (χ3n) is 3.04. The van der Waals surface area contributed by atoms with Gasteiger partial charge in [-0.2, -0.15) is 5.10 Å². The van der Waals surface area contributed by atoms with Crippen LogP contribution in [0.5, 0.6) is 0 Å². The van der Waals surface area contributed by atoms with Gasteiger partial charge in [0.15, 0.2) is 11.5 Å². The number of hydrogen-bond acceptors (Lipinski definition) is 3. The van der Waals surface area contributed by atoms with E-state index in [0.717, 1.165) is 37.4 Å². The van der Waals surface area contributed by atoms with Crippen LogP contribution in [0, 0.1) is 0 Å². The number of rotatable bonds is 1. The molecule has 0 atom stereocenters. The van der Waals surface area contributed by atoms with E-state index in [2.05, 4.69) is 15.4 Å². The normalized spacial score (nSPS) is 18.1. The van der Waals surface area contributed by atoms with Crippen molar-refractivity contribution < 1.29 is 0 Å². The largest absolute Gasteiger partial charge is 0.317 e. The summed E-state index contributed by atoms with van der Waals surface area (Å²) in [4.78, 5) is 4.53. The lowest BCUT2D eigenvalue weighted by atomic mass is 9.98. The van der Waals surface area contributed by atoms with Crippen molar-refractivity contribution >= 4 is 17.2 Å². The minimum atomic E-state index is 0.470. The average molecular weight is 237 g/mol. The van der Waals surface area contributed by atoms with E-state index in [4.69, 9.17) is 11.6 Å².